The van der Waals surface area contributed by atoms with Crippen molar-refractivity contribution in [1.29, 1.82) is 0 Å². The summed E-state index contributed by atoms with van der Waals surface area (Å²) in [5.74, 6) is 1.33. The molecule has 2 atom stereocenters. The van der Waals surface area contributed by atoms with Crippen LogP contribution in [-0.2, 0) is 22.6 Å². The van der Waals surface area contributed by atoms with E-state index in [1.165, 1.54) is 31.0 Å². The molecule has 1 aliphatic carbocycles. The largest absolute Gasteiger partial charge is 0.352 e. The van der Waals surface area contributed by atoms with E-state index in [4.69, 9.17) is 0 Å². The number of hydrogen-bond acceptors (Lipinski definition) is 5. The Labute approximate surface area is 182 Å². The molecule has 30 heavy (non-hydrogen) atoms. The number of carbonyl (C=O) groups excluding carboxylic acids is 2. The van der Waals surface area contributed by atoms with E-state index in [-0.39, 0.29) is 24.3 Å². The molecule has 1 aromatic carbocycles. The van der Waals surface area contributed by atoms with Crippen molar-refractivity contribution in [2.24, 2.45) is 5.92 Å². The summed E-state index contributed by atoms with van der Waals surface area (Å²) in [6, 6.07) is 7.95. The Balaban J connectivity index is 1.53. The summed E-state index contributed by atoms with van der Waals surface area (Å²) in [4.78, 5) is 24.8. The molecule has 1 aromatic heterocycles. The molecule has 1 fully saturated rings. The van der Waals surface area contributed by atoms with Crippen molar-refractivity contribution >= 4 is 29.3 Å². The Kier molecular flexibility index (Phi) is 7.90. The van der Waals surface area contributed by atoms with Gasteiger partial charge in [0.1, 0.15) is 5.82 Å². The SMILES string of the molecule is CCn1c(CC(=O)Nc2ccc(C)cc2)nnc1SCC(=O)N[C@H]1CCCC[C@@H]1C. The lowest BCUT2D eigenvalue weighted by Gasteiger charge is -2.29. The smallest absolute Gasteiger partial charge is 0.232 e. The van der Waals surface area contributed by atoms with Crippen LogP contribution in [0.25, 0.3) is 0 Å². The van der Waals surface area contributed by atoms with Crippen LogP contribution in [0, 0.1) is 12.8 Å². The van der Waals surface area contributed by atoms with Crippen molar-refractivity contribution in [3.05, 3.63) is 35.7 Å². The third-order valence-corrected chi connectivity index (χ3v) is 6.52. The van der Waals surface area contributed by atoms with Gasteiger partial charge >= 0.3 is 0 Å². The van der Waals surface area contributed by atoms with Gasteiger partial charge in [-0.2, -0.15) is 0 Å². The summed E-state index contributed by atoms with van der Waals surface area (Å²) >= 11 is 1.37. The minimum absolute atomic E-state index is 0.0306. The molecule has 0 bridgehead atoms. The predicted octanol–water partition coefficient (Wildman–Crippen LogP) is 3.57. The van der Waals surface area contributed by atoms with E-state index >= 15 is 0 Å². The zero-order valence-electron chi connectivity index (χ0n) is 18.0. The Bertz CT molecular complexity index is 865. The highest BCUT2D eigenvalue weighted by molar-refractivity contribution is 7.99. The van der Waals surface area contributed by atoms with E-state index in [2.05, 4.69) is 27.8 Å². The number of nitrogens with one attached hydrogen (secondary N) is 2. The molecular weight excluding hydrogens is 398 g/mol. The maximum absolute atomic E-state index is 12.4. The molecule has 0 radical (unpaired) electrons. The second kappa shape index (κ2) is 10.6. The Hall–Kier alpha value is -2.35. The minimum Gasteiger partial charge on any atom is -0.352 e. The highest BCUT2D eigenvalue weighted by Crippen LogP contribution is 2.24. The number of nitrogens with zero attached hydrogens (tertiary/aromatic N) is 3. The molecule has 1 heterocycles. The topological polar surface area (TPSA) is 88.9 Å². The highest BCUT2D eigenvalue weighted by atomic mass is 32.2. The van der Waals surface area contributed by atoms with Crippen LogP contribution < -0.4 is 10.6 Å². The van der Waals surface area contributed by atoms with E-state index in [0.717, 1.165) is 17.7 Å². The second-order valence-corrected chi connectivity index (χ2v) is 8.90. The zero-order valence-corrected chi connectivity index (χ0v) is 18.8. The first-order valence-corrected chi connectivity index (χ1v) is 11.7. The number of thioether (sulfide) groups is 1. The first kappa shape index (κ1) is 22.3. The first-order chi connectivity index (χ1) is 14.5. The molecule has 0 aliphatic heterocycles. The molecule has 162 valence electrons. The summed E-state index contributed by atoms with van der Waals surface area (Å²) < 4.78 is 1.90. The van der Waals surface area contributed by atoms with Crippen LogP contribution in [0.15, 0.2) is 29.4 Å². The quantitative estimate of drug-likeness (QED) is 0.626. The number of hydrogen-bond donors (Lipinski definition) is 2. The van der Waals surface area contributed by atoms with Gasteiger partial charge < -0.3 is 15.2 Å². The number of anilines is 1. The third kappa shape index (κ3) is 6.08. The standard InChI is InChI=1S/C22H31N5O2S/c1-4-27-19(13-20(28)23-17-11-9-15(2)10-12-17)25-26-22(27)30-14-21(29)24-18-8-6-5-7-16(18)3/h9-12,16,18H,4-8,13-14H2,1-3H3,(H,23,28)(H,24,29)/t16-,18-/m0/s1. The fourth-order valence-electron chi connectivity index (χ4n) is 3.77. The molecule has 3 rings (SSSR count). The molecule has 0 saturated heterocycles. The van der Waals surface area contributed by atoms with Crippen LogP contribution in [0.4, 0.5) is 5.69 Å². The van der Waals surface area contributed by atoms with Gasteiger partial charge in [-0.05, 0) is 44.7 Å². The molecule has 0 spiro atoms. The van der Waals surface area contributed by atoms with Gasteiger partial charge in [0.15, 0.2) is 5.16 Å². The fraction of sp³-hybridized carbons (Fsp3) is 0.545. The van der Waals surface area contributed by atoms with Gasteiger partial charge in [0.05, 0.1) is 12.2 Å². The van der Waals surface area contributed by atoms with Gasteiger partial charge in [0, 0.05) is 18.3 Å². The maximum atomic E-state index is 12.4. The molecule has 8 heteroatoms. The summed E-state index contributed by atoms with van der Waals surface area (Å²) in [6.07, 6.45) is 4.81. The summed E-state index contributed by atoms with van der Waals surface area (Å²) in [5, 5.41) is 15.1. The van der Waals surface area contributed by atoms with E-state index in [0.29, 0.717) is 29.2 Å². The number of rotatable bonds is 8. The molecule has 2 amide bonds. The molecule has 2 aromatic rings. The number of aromatic nitrogens is 3. The average molecular weight is 430 g/mol. The van der Waals surface area contributed by atoms with Crippen LogP contribution in [-0.4, -0.2) is 38.4 Å². The second-order valence-electron chi connectivity index (χ2n) is 7.96. The number of amides is 2. The van der Waals surface area contributed by atoms with Crippen LogP contribution in [0.1, 0.15) is 50.9 Å². The van der Waals surface area contributed by atoms with Crippen LogP contribution in [0.5, 0.6) is 0 Å². The van der Waals surface area contributed by atoms with Crippen LogP contribution in [0.2, 0.25) is 0 Å². The van der Waals surface area contributed by atoms with Gasteiger partial charge in [-0.3, -0.25) is 9.59 Å². The molecule has 1 aliphatic rings. The van der Waals surface area contributed by atoms with Crippen molar-refractivity contribution in [2.75, 3.05) is 11.1 Å². The number of benzene rings is 1. The summed E-state index contributed by atoms with van der Waals surface area (Å²) in [6.45, 7) is 6.84. The predicted molar refractivity (Wildman–Crippen MR) is 119 cm³/mol. The van der Waals surface area contributed by atoms with Gasteiger partial charge in [-0.1, -0.05) is 49.2 Å². The number of aryl methyl sites for hydroxylation is 1. The van der Waals surface area contributed by atoms with Crippen molar-refractivity contribution in [3.63, 3.8) is 0 Å². The van der Waals surface area contributed by atoms with Gasteiger partial charge in [-0.15, -0.1) is 10.2 Å². The lowest BCUT2D eigenvalue weighted by atomic mass is 9.86. The van der Waals surface area contributed by atoms with Gasteiger partial charge in [-0.25, -0.2) is 0 Å². The van der Waals surface area contributed by atoms with E-state index in [1.54, 1.807) is 0 Å². The lowest BCUT2D eigenvalue weighted by molar-refractivity contribution is -0.120. The Morgan fingerprint density at radius 3 is 2.57 bits per heavy atom. The van der Waals surface area contributed by atoms with Gasteiger partial charge in [0.25, 0.3) is 0 Å². The summed E-state index contributed by atoms with van der Waals surface area (Å²) in [7, 11) is 0. The van der Waals surface area contributed by atoms with Crippen molar-refractivity contribution < 1.29 is 9.59 Å². The molecule has 2 N–H and O–H groups in total. The fourth-order valence-corrected chi connectivity index (χ4v) is 4.60. The zero-order chi connectivity index (χ0) is 21.5. The van der Waals surface area contributed by atoms with Gasteiger partial charge in [0.2, 0.25) is 11.8 Å². The van der Waals surface area contributed by atoms with Crippen molar-refractivity contribution in [3.8, 4) is 0 Å². The highest BCUT2D eigenvalue weighted by Gasteiger charge is 2.23. The van der Waals surface area contributed by atoms with Crippen LogP contribution >= 0.6 is 11.8 Å². The van der Waals surface area contributed by atoms with E-state index < -0.39 is 0 Å². The summed E-state index contributed by atoms with van der Waals surface area (Å²) in [5.41, 5.74) is 1.90. The normalized spacial score (nSPS) is 18.8. The van der Waals surface area contributed by atoms with Crippen molar-refractivity contribution in [1.82, 2.24) is 20.1 Å². The van der Waals surface area contributed by atoms with Crippen LogP contribution in [0.3, 0.4) is 0 Å². The average Bonchev–Trinajstić information content (AvgIpc) is 3.11. The Morgan fingerprint density at radius 1 is 1.13 bits per heavy atom. The Morgan fingerprint density at radius 2 is 1.87 bits per heavy atom. The number of carbonyl (C=O) groups is 2. The lowest BCUT2D eigenvalue weighted by Crippen LogP contribution is -2.41. The molecule has 1 saturated carbocycles. The maximum Gasteiger partial charge on any atom is 0.232 e. The molecular formula is C22H31N5O2S. The minimum atomic E-state index is -0.137. The van der Waals surface area contributed by atoms with E-state index in [9.17, 15) is 9.59 Å². The third-order valence-electron chi connectivity index (χ3n) is 5.55. The van der Waals surface area contributed by atoms with Crippen molar-refractivity contribution in [2.45, 2.75) is 70.6 Å². The first-order valence-electron chi connectivity index (χ1n) is 10.7. The molecule has 0 unspecified atom stereocenters. The van der Waals surface area contributed by atoms with E-state index in [1.807, 2.05) is 42.7 Å². The monoisotopic (exact) mass is 429 g/mol. The molecule has 7 nitrogen and oxygen atoms in total.